The van der Waals surface area contributed by atoms with E-state index in [0.29, 0.717) is 12.8 Å². The molecule has 19 nitrogen and oxygen atoms in total. The molecule has 3 saturated heterocycles. The van der Waals surface area contributed by atoms with Gasteiger partial charge in [-0.25, -0.2) is 0 Å². The molecule has 17 unspecified atom stereocenters. The first-order chi connectivity index (χ1) is 50.8. The number of aliphatic hydroxyl groups excluding tert-OH is 11. The maximum atomic E-state index is 13.5. The van der Waals surface area contributed by atoms with Crippen molar-refractivity contribution in [3.63, 3.8) is 0 Å². The number of ether oxygens (including phenoxy) is 6. The number of amides is 1. The van der Waals surface area contributed by atoms with E-state index in [1.54, 1.807) is 0 Å². The van der Waals surface area contributed by atoms with E-state index < -0.39 is 124 Å². The Labute approximate surface area is 634 Å². The molecular formula is C85H165NO18. The summed E-state index contributed by atoms with van der Waals surface area (Å²) in [5.74, 6) is -0.232. The Morgan fingerprint density at radius 2 is 0.548 bits per heavy atom. The van der Waals surface area contributed by atoms with Gasteiger partial charge < -0.3 is 89.9 Å². The molecule has 3 fully saturated rings. The maximum absolute atomic E-state index is 13.5. The molecule has 3 aliphatic heterocycles. The highest BCUT2D eigenvalue weighted by atomic mass is 16.8. The fourth-order valence-electron chi connectivity index (χ4n) is 15.6. The Morgan fingerprint density at radius 3 is 0.837 bits per heavy atom. The van der Waals surface area contributed by atoms with E-state index in [1.807, 2.05) is 0 Å². The highest BCUT2D eigenvalue weighted by Gasteiger charge is 2.54. The summed E-state index contributed by atoms with van der Waals surface area (Å²) in [6.07, 6.45) is 52.3. The number of hydrogen-bond acceptors (Lipinski definition) is 18. The van der Waals surface area contributed by atoms with Crippen LogP contribution >= 0.6 is 0 Å². The molecule has 618 valence electrons. The predicted octanol–water partition coefficient (Wildman–Crippen LogP) is 16.1. The zero-order valence-corrected chi connectivity index (χ0v) is 66.6. The van der Waals surface area contributed by atoms with Crippen LogP contribution in [0.15, 0.2) is 0 Å². The number of hydrogen-bond donors (Lipinski definition) is 12. The molecule has 0 bridgehead atoms. The third kappa shape index (κ3) is 45.3. The van der Waals surface area contributed by atoms with Crippen molar-refractivity contribution in [3.8, 4) is 0 Å². The number of carbonyl (C=O) groups excluding carboxylic acids is 1. The first-order valence-electron chi connectivity index (χ1n) is 44.3. The van der Waals surface area contributed by atoms with Crippen molar-refractivity contribution in [1.82, 2.24) is 5.32 Å². The largest absolute Gasteiger partial charge is 0.394 e. The summed E-state index contributed by atoms with van der Waals surface area (Å²) in [5.41, 5.74) is 0. The fraction of sp³-hybridized carbons (Fsp3) is 0.988. The van der Waals surface area contributed by atoms with Crippen LogP contribution in [0.1, 0.15) is 406 Å². The molecule has 1 amide bonds. The smallest absolute Gasteiger partial charge is 0.220 e. The minimum atomic E-state index is -1.97. The highest BCUT2D eigenvalue weighted by Crippen LogP contribution is 2.34. The standard InChI is InChI=1S/C85H165NO18/c1-3-5-7-9-11-13-15-17-19-21-23-25-26-27-28-29-30-31-32-33-34-35-36-37-38-39-40-41-42-43-45-47-49-51-53-55-57-59-61-63-73(91)86-68(69(90)62-60-58-56-54-52-50-48-46-44-24-22-20-18-16-14-12-10-8-6-4-2)67-99-83-79(97)76(94)81(71(65-88)101-83)104-85-80(98)77(95)82(72(66-89)102-85)103-84-78(96)75(93)74(92)70(64-87)100-84/h68-72,74-85,87-90,92-98H,3-67H2,1-2H3,(H,86,91). The van der Waals surface area contributed by atoms with Gasteiger partial charge in [0.2, 0.25) is 5.91 Å². The van der Waals surface area contributed by atoms with Gasteiger partial charge in [-0.2, -0.15) is 0 Å². The van der Waals surface area contributed by atoms with Gasteiger partial charge in [0.1, 0.15) is 73.2 Å². The van der Waals surface area contributed by atoms with Gasteiger partial charge in [-0.1, -0.05) is 386 Å². The second kappa shape index (κ2) is 66.4. The molecular weight excluding hydrogens is 1320 g/mol. The van der Waals surface area contributed by atoms with Crippen LogP contribution in [-0.4, -0.2) is 193 Å². The summed E-state index contributed by atoms with van der Waals surface area (Å²) in [7, 11) is 0. The molecule has 0 aromatic rings. The van der Waals surface area contributed by atoms with Crippen molar-refractivity contribution >= 4 is 5.91 Å². The molecule has 19 heteroatoms. The lowest BCUT2D eigenvalue weighted by atomic mass is 9.96. The number of nitrogens with one attached hydrogen (secondary N) is 1. The van der Waals surface area contributed by atoms with E-state index >= 15 is 0 Å². The average molecular weight is 1490 g/mol. The van der Waals surface area contributed by atoms with Gasteiger partial charge >= 0.3 is 0 Å². The van der Waals surface area contributed by atoms with Crippen molar-refractivity contribution in [2.45, 2.75) is 510 Å². The van der Waals surface area contributed by atoms with E-state index in [4.69, 9.17) is 28.4 Å². The number of rotatable bonds is 73. The van der Waals surface area contributed by atoms with Crippen molar-refractivity contribution in [2.24, 2.45) is 0 Å². The quantitative estimate of drug-likeness (QED) is 0.0252. The number of carbonyl (C=O) groups is 1. The van der Waals surface area contributed by atoms with Crippen LogP contribution < -0.4 is 5.32 Å². The highest BCUT2D eigenvalue weighted by molar-refractivity contribution is 5.76. The molecule has 12 N–H and O–H groups in total. The van der Waals surface area contributed by atoms with Crippen molar-refractivity contribution < 1.29 is 89.4 Å². The van der Waals surface area contributed by atoms with Crippen LogP contribution in [-0.2, 0) is 33.2 Å². The van der Waals surface area contributed by atoms with Gasteiger partial charge in [0.25, 0.3) is 0 Å². The van der Waals surface area contributed by atoms with E-state index in [9.17, 15) is 61.0 Å². The lowest BCUT2D eigenvalue weighted by Crippen LogP contribution is -2.66. The van der Waals surface area contributed by atoms with Crippen LogP contribution in [0.2, 0.25) is 0 Å². The summed E-state index contributed by atoms with van der Waals surface area (Å²) < 4.78 is 34.6. The monoisotopic (exact) mass is 1490 g/mol. The Bertz CT molecular complexity index is 1880. The van der Waals surface area contributed by atoms with E-state index in [-0.39, 0.29) is 18.9 Å². The fourth-order valence-corrected chi connectivity index (χ4v) is 15.6. The van der Waals surface area contributed by atoms with Gasteiger partial charge in [0.15, 0.2) is 18.9 Å². The second-order valence-corrected chi connectivity index (χ2v) is 32.1. The van der Waals surface area contributed by atoms with Crippen LogP contribution in [0.5, 0.6) is 0 Å². The Balaban J connectivity index is 1.28. The molecule has 0 aromatic heterocycles. The molecule has 0 saturated carbocycles. The van der Waals surface area contributed by atoms with Crippen LogP contribution in [0.4, 0.5) is 0 Å². The van der Waals surface area contributed by atoms with Crippen LogP contribution in [0, 0.1) is 0 Å². The molecule has 0 spiro atoms. The minimum Gasteiger partial charge on any atom is -0.394 e. The van der Waals surface area contributed by atoms with Gasteiger partial charge in [0, 0.05) is 6.42 Å². The van der Waals surface area contributed by atoms with Gasteiger partial charge in [-0.3, -0.25) is 4.79 Å². The van der Waals surface area contributed by atoms with Crippen molar-refractivity contribution in [2.75, 3.05) is 26.4 Å². The molecule has 0 aliphatic carbocycles. The Hall–Kier alpha value is -1.21. The minimum absolute atomic E-state index is 0.232. The molecule has 0 aromatic carbocycles. The molecule has 3 aliphatic rings. The normalized spacial score (nSPS) is 25.8. The Morgan fingerprint density at radius 1 is 0.308 bits per heavy atom. The Kier molecular flexibility index (Phi) is 61.9. The van der Waals surface area contributed by atoms with Crippen LogP contribution in [0.3, 0.4) is 0 Å². The summed E-state index contributed by atoms with van der Waals surface area (Å²) >= 11 is 0. The number of aliphatic hydroxyl groups is 11. The van der Waals surface area contributed by atoms with E-state index in [1.165, 1.54) is 327 Å². The first-order valence-corrected chi connectivity index (χ1v) is 44.3. The van der Waals surface area contributed by atoms with Crippen molar-refractivity contribution in [1.29, 1.82) is 0 Å². The van der Waals surface area contributed by atoms with E-state index in [2.05, 4.69) is 19.2 Å². The van der Waals surface area contributed by atoms with Crippen molar-refractivity contribution in [3.05, 3.63) is 0 Å². The zero-order chi connectivity index (χ0) is 75.3. The topological polar surface area (TPSA) is 307 Å². The van der Waals surface area contributed by atoms with Gasteiger partial charge in [-0.05, 0) is 12.8 Å². The predicted molar refractivity (Wildman–Crippen MR) is 416 cm³/mol. The molecule has 104 heavy (non-hydrogen) atoms. The van der Waals surface area contributed by atoms with Gasteiger partial charge in [-0.15, -0.1) is 0 Å². The average Bonchev–Trinajstić information content (AvgIpc) is 0.783. The summed E-state index contributed by atoms with van der Waals surface area (Å²) in [6.45, 7) is 1.88. The number of unbranched alkanes of at least 4 members (excludes halogenated alkanes) is 57. The van der Waals surface area contributed by atoms with Gasteiger partial charge in [0.05, 0.1) is 38.6 Å². The maximum Gasteiger partial charge on any atom is 0.220 e. The molecule has 3 heterocycles. The third-order valence-corrected chi connectivity index (χ3v) is 22.7. The zero-order valence-electron chi connectivity index (χ0n) is 66.6. The third-order valence-electron chi connectivity index (χ3n) is 22.7. The van der Waals surface area contributed by atoms with Crippen LogP contribution in [0.25, 0.3) is 0 Å². The lowest BCUT2D eigenvalue weighted by molar-refractivity contribution is -0.379. The summed E-state index contributed by atoms with van der Waals surface area (Å²) in [4.78, 5) is 13.5. The summed E-state index contributed by atoms with van der Waals surface area (Å²) in [6, 6.07) is -0.883. The lowest BCUT2D eigenvalue weighted by Gasteiger charge is -2.48. The summed E-state index contributed by atoms with van der Waals surface area (Å²) in [5, 5.41) is 121. The SMILES string of the molecule is CCCCCCCCCCCCCCCCCCCCCCCCCCCCCCCCCCCCCCCCCC(=O)NC(COC1OC(CO)C(OC2OC(CO)C(OC3OC(CO)C(O)C(O)C3O)C(O)C2O)C(O)C1O)C(O)CCCCCCCCCCCCCCCCCCCCCC. The molecule has 17 atom stereocenters. The first kappa shape index (κ1) is 97.0. The second-order valence-electron chi connectivity index (χ2n) is 32.1. The molecule has 3 rings (SSSR count). The van der Waals surface area contributed by atoms with E-state index in [0.717, 1.165) is 44.9 Å². The molecule has 0 radical (unpaired) electrons.